The Morgan fingerprint density at radius 1 is 1.56 bits per heavy atom. The maximum Gasteiger partial charge on any atom is 0.251 e. The lowest BCUT2D eigenvalue weighted by atomic mass is 10.2. The van der Waals surface area contributed by atoms with E-state index in [4.69, 9.17) is 16.3 Å². The largest absolute Gasteiger partial charge is 0.385 e. The first kappa shape index (κ1) is 13.3. The zero-order valence-electron chi connectivity index (χ0n) is 9.90. The molecule has 2 aromatic rings. The van der Waals surface area contributed by atoms with Gasteiger partial charge in [0.1, 0.15) is 0 Å². The van der Waals surface area contributed by atoms with Crippen LogP contribution in [-0.2, 0) is 4.74 Å². The number of fused-ring (bicyclic) bond motifs is 1. The molecule has 6 heteroatoms. The third-order valence-electron chi connectivity index (χ3n) is 2.44. The van der Waals surface area contributed by atoms with Crippen LogP contribution in [0.1, 0.15) is 16.8 Å². The summed E-state index contributed by atoms with van der Waals surface area (Å²) in [6.07, 6.45) is 0.802. The Hall–Kier alpha value is -1.17. The molecule has 0 fully saturated rings. The molecule has 0 spiro atoms. The Morgan fingerprint density at radius 2 is 2.39 bits per heavy atom. The highest BCUT2D eigenvalue weighted by Crippen LogP contribution is 2.26. The van der Waals surface area contributed by atoms with Gasteiger partial charge in [-0.25, -0.2) is 4.98 Å². The standard InChI is InChI=1S/C12H13ClN2O2S/c1-17-6-2-5-14-11(16)8-3-4-9-10(7-8)18-12(13)15-9/h3-4,7H,2,5-6H2,1H3,(H,14,16). The van der Waals surface area contributed by atoms with Crippen LogP contribution in [0.2, 0.25) is 4.47 Å². The molecule has 1 N–H and O–H groups in total. The topological polar surface area (TPSA) is 51.2 Å². The molecule has 0 bridgehead atoms. The maximum absolute atomic E-state index is 11.9. The average Bonchev–Trinajstić information content (AvgIpc) is 2.73. The molecule has 0 aliphatic carbocycles. The molecule has 1 heterocycles. The molecule has 4 nitrogen and oxygen atoms in total. The fourth-order valence-corrected chi connectivity index (χ4v) is 2.63. The molecule has 0 radical (unpaired) electrons. The van der Waals surface area contributed by atoms with E-state index >= 15 is 0 Å². The highest BCUT2D eigenvalue weighted by Gasteiger charge is 2.08. The molecule has 1 aromatic heterocycles. The Kier molecular flexibility index (Phi) is 4.52. The number of hydrogen-bond acceptors (Lipinski definition) is 4. The average molecular weight is 285 g/mol. The molecular formula is C12H13ClN2O2S. The van der Waals surface area contributed by atoms with E-state index in [2.05, 4.69) is 10.3 Å². The van der Waals surface area contributed by atoms with Crippen LogP contribution >= 0.6 is 22.9 Å². The number of aromatic nitrogens is 1. The summed E-state index contributed by atoms with van der Waals surface area (Å²) < 4.78 is 6.33. The molecule has 96 valence electrons. The van der Waals surface area contributed by atoms with Crippen LogP contribution in [0.25, 0.3) is 10.2 Å². The third kappa shape index (κ3) is 3.19. The van der Waals surface area contributed by atoms with Crippen LogP contribution in [-0.4, -0.2) is 31.2 Å². The minimum atomic E-state index is -0.0856. The van der Waals surface area contributed by atoms with Gasteiger partial charge in [0.2, 0.25) is 0 Å². The van der Waals surface area contributed by atoms with Crippen molar-refractivity contribution in [1.29, 1.82) is 0 Å². The number of nitrogens with one attached hydrogen (secondary N) is 1. The molecule has 1 amide bonds. The number of nitrogens with zero attached hydrogens (tertiary/aromatic N) is 1. The SMILES string of the molecule is COCCCNC(=O)c1ccc2nc(Cl)sc2c1. The molecular weight excluding hydrogens is 272 g/mol. The highest BCUT2D eigenvalue weighted by atomic mass is 35.5. The molecule has 18 heavy (non-hydrogen) atoms. The van der Waals surface area contributed by atoms with Gasteiger partial charge in [0.15, 0.2) is 4.47 Å². The van der Waals surface area contributed by atoms with E-state index in [0.29, 0.717) is 23.2 Å². The minimum Gasteiger partial charge on any atom is -0.385 e. The van der Waals surface area contributed by atoms with Gasteiger partial charge in [0, 0.05) is 25.8 Å². The molecule has 1 aromatic carbocycles. The minimum absolute atomic E-state index is 0.0856. The third-order valence-corrected chi connectivity index (χ3v) is 3.56. The predicted molar refractivity (Wildman–Crippen MR) is 73.5 cm³/mol. The number of benzene rings is 1. The lowest BCUT2D eigenvalue weighted by Crippen LogP contribution is -2.25. The molecule has 0 saturated heterocycles. The number of carbonyl (C=O) groups excluding carboxylic acids is 1. The molecule has 2 rings (SSSR count). The monoisotopic (exact) mass is 284 g/mol. The number of halogens is 1. The number of amides is 1. The van der Waals surface area contributed by atoms with E-state index in [-0.39, 0.29) is 5.91 Å². The van der Waals surface area contributed by atoms with E-state index in [1.165, 1.54) is 11.3 Å². The van der Waals surface area contributed by atoms with E-state index in [1.54, 1.807) is 13.2 Å². The summed E-state index contributed by atoms with van der Waals surface area (Å²) in [5, 5.41) is 2.84. The Bertz CT molecular complexity index is 556. The molecule has 0 unspecified atom stereocenters. The van der Waals surface area contributed by atoms with Gasteiger partial charge < -0.3 is 10.1 Å². The van der Waals surface area contributed by atoms with Gasteiger partial charge in [-0.3, -0.25) is 4.79 Å². The molecule has 0 aliphatic rings. The van der Waals surface area contributed by atoms with Gasteiger partial charge >= 0.3 is 0 Å². The first-order valence-electron chi connectivity index (χ1n) is 5.54. The summed E-state index contributed by atoms with van der Waals surface area (Å²) in [5.41, 5.74) is 1.45. The van der Waals surface area contributed by atoms with Crippen LogP contribution in [0, 0.1) is 0 Å². The van der Waals surface area contributed by atoms with Crippen molar-refractivity contribution in [3.8, 4) is 0 Å². The predicted octanol–water partition coefficient (Wildman–Crippen LogP) is 2.72. The van der Waals surface area contributed by atoms with Crippen molar-refractivity contribution in [2.45, 2.75) is 6.42 Å². The summed E-state index contributed by atoms with van der Waals surface area (Å²) in [4.78, 5) is 16.0. The highest BCUT2D eigenvalue weighted by molar-refractivity contribution is 7.22. The van der Waals surface area contributed by atoms with Crippen LogP contribution in [0.4, 0.5) is 0 Å². The zero-order valence-corrected chi connectivity index (χ0v) is 11.5. The number of carbonyl (C=O) groups is 1. The van der Waals surface area contributed by atoms with Gasteiger partial charge in [-0.1, -0.05) is 11.6 Å². The second-order valence-electron chi connectivity index (χ2n) is 3.75. The van der Waals surface area contributed by atoms with Gasteiger partial charge in [-0.2, -0.15) is 0 Å². The van der Waals surface area contributed by atoms with Crippen molar-refractivity contribution >= 4 is 39.1 Å². The smallest absolute Gasteiger partial charge is 0.251 e. The second kappa shape index (κ2) is 6.13. The zero-order chi connectivity index (χ0) is 13.0. The Morgan fingerprint density at radius 3 is 3.17 bits per heavy atom. The number of ether oxygens (including phenoxy) is 1. The van der Waals surface area contributed by atoms with E-state index < -0.39 is 0 Å². The van der Waals surface area contributed by atoms with Crippen molar-refractivity contribution in [2.24, 2.45) is 0 Å². The summed E-state index contributed by atoms with van der Waals surface area (Å²) in [5.74, 6) is -0.0856. The fraction of sp³-hybridized carbons (Fsp3) is 0.333. The van der Waals surface area contributed by atoms with E-state index in [9.17, 15) is 4.79 Å². The normalized spacial score (nSPS) is 10.8. The van der Waals surface area contributed by atoms with Crippen molar-refractivity contribution in [1.82, 2.24) is 10.3 Å². The molecule has 0 atom stereocenters. The number of methoxy groups -OCH3 is 1. The Balaban J connectivity index is 2.03. The van der Waals surface area contributed by atoms with Crippen molar-refractivity contribution in [3.63, 3.8) is 0 Å². The van der Waals surface area contributed by atoms with Crippen molar-refractivity contribution in [3.05, 3.63) is 28.2 Å². The fourth-order valence-electron chi connectivity index (χ4n) is 1.56. The van der Waals surface area contributed by atoms with E-state index in [0.717, 1.165) is 16.6 Å². The quantitative estimate of drug-likeness (QED) is 0.859. The maximum atomic E-state index is 11.9. The molecule has 0 aliphatic heterocycles. The first-order chi connectivity index (χ1) is 8.70. The van der Waals surface area contributed by atoms with E-state index in [1.807, 2.05) is 12.1 Å². The van der Waals surface area contributed by atoms with Crippen LogP contribution < -0.4 is 5.32 Å². The van der Waals surface area contributed by atoms with Gasteiger partial charge in [0.25, 0.3) is 5.91 Å². The summed E-state index contributed by atoms with van der Waals surface area (Å²) in [6.45, 7) is 1.25. The van der Waals surface area contributed by atoms with Crippen LogP contribution in [0.5, 0.6) is 0 Å². The van der Waals surface area contributed by atoms with Crippen molar-refractivity contribution in [2.75, 3.05) is 20.3 Å². The second-order valence-corrected chi connectivity index (χ2v) is 5.36. The van der Waals surface area contributed by atoms with Gasteiger partial charge in [0.05, 0.1) is 10.2 Å². The van der Waals surface area contributed by atoms with Crippen molar-refractivity contribution < 1.29 is 9.53 Å². The summed E-state index contributed by atoms with van der Waals surface area (Å²) in [6, 6.07) is 5.37. The van der Waals surface area contributed by atoms with Gasteiger partial charge in [-0.05, 0) is 24.6 Å². The summed E-state index contributed by atoms with van der Waals surface area (Å²) >= 11 is 7.20. The number of thiazole rings is 1. The number of hydrogen-bond donors (Lipinski definition) is 1. The number of rotatable bonds is 5. The van der Waals surface area contributed by atoms with Gasteiger partial charge in [-0.15, -0.1) is 11.3 Å². The first-order valence-corrected chi connectivity index (χ1v) is 6.73. The summed E-state index contributed by atoms with van der Waals surface area (Å²) in [7, 11) is 1.64. The Labute approximate surface area is 114 Å². The van der Waals surface area contributed by atoms with Crippen LogP contribution in [0.15, 0.2) is 18.2 Å². The van der Waals surface area contributed by atoms with Crippen LogP contribution in [0.3, 0.4) is 0 Å². The lowest BCUT2D eigenvalue weighted by Gasteiger charge is -2.04. The molecule has 0 saturated carbocycles. The lowest BCUT2D eigenvalue weighted by molar-refractivity contribution is 0.0949.